The Balaban J connectivity index is 2.17. The van der Waals surface area contributed by atoms with Crippen LogP contribution in [0, 0.1) is 0 Å². The molecule has 21 heavy (non-hydrogen) atoms. The van der Waals surface area contributed by atoms with Crippen LogP contribution >= 0.6 is 15.9 Å². The van der Waals surface area contributed by atoms with E-state index in [4.69, 9.17) is 5.11 Å². The van der Waals surface area contributed by atoms with Gasteiger partial charge in [0.2, 0.25) is 10.0 Å². The zero-order valence-corrected chi connectivity index (χ0v) is 13.8. The molecule has 1 saturated heterocycles. The predicted octanol–water partition coefficient (Wildman–Crippen LogP) is 1.01. The molecule has 2 N–H and O–H groups in total. The number of nitrogens with one attached hydrogen (secondary N) is 1. The first-order valence-electron chi connectivity index (χ1n) is 6.01. The number of carboxylic acid groups (broad SMARTS) is 1. The molecule has 1 aromatic heterocycles. The van der Waals surface area contributed by atoms with E-state index in [1.165, 1.54) is 11.9 Å². The SMILES string of the molecule is CN(C(=O)O)C1CN(c2ncc(Br)cc2NS(C)(=O)=O)C1. The molecule has 0 radical (unpaired) electrons. The molecule has 2 rings (SSSR count). The normalized spacial score (nSPS) is 15.5. The van der Waals surface area contributed by atoms with Gasteiger partial charge >= 0.3 is 6.09 Å². The van der Waals surface area contributed by atoms with E-state index in [0.717, 1.165) is 6.26 Å². The van der Waals surface area contributed by atoms with Crippen LogP contribution in [-0.2, 0) is 10.0 Å². The number of anilines is 2. The van der Waals surface area contributed by atoms with Crippen molar-refractivity contribution in [3.63, 3.8) is 0 Å². The number of sulfonamides is 1. The Morgan fingerprint density at radius 2 is 2.19 bits per heavy atom. The van der Waals surface area contributed by atoms with Crippen LogP contribution in [0.15, 0.2) is 16.7 Å². The predicted molar refractivity (Wildman–Crippen MR) is 82.2 cm³/mol. The summed E-state index contributed by atoms with van der Waals surface area (Å²) in [5, 5.41) is 8.91. The molecule has 0 spiro atoms. The molecule has 2 heterocycles. The van der Waals surface area contributed by atoms with Gasteiger partial charge in [0.05, 0.1) is 18.0 Å². The van der Waals surface area contributed by atoms with E-state index in [-0.39, 0.29) is 6.04 Å². The van der Waals surface area contributed by atoms with Crippen molar-refractivity contribution in [3.05, 3.63) is 16.7 Å². The molecule has 0 aromatic carbocycles. The fourth-order valence-electron chi connectivity index (χ4n) is 1.99. The topological polar surface area (TPSA) is 103 Å². The molecule has 8 nitrogen and oxygen atoms in total. The highest BCUT2D eigenvalue weighted by atomic mass is 79.9. The smallest absolute Gasteiger partial charge is 0.407 e. The summed E-state index contributed by atoms with van der Waals surface area (Å²) in [4.78, 5) is 18.1. The van der Waals surface area contributed by atoms with Crippen molar-refractivity contribution in [2.45, 2.75) is 6.04 Å². The molecule has 0 bridgehead atoms. The van der Waals surface area contributed by atoms with Crippen LogP contribution in [0.3, 0.4) is 0 Å². The van der Waals surface area contributed by atoms with E-state index >= 15 is 0 Å². The number of carbonyl (C=O) groups is 1. The minimum Gasteiger partial charge on any atom is -0.465 e. The third-order valence-electron chi connectivity index (χ3n) is 3.14. The van der Waals surface area contributed by atoms with Crippen LogP contribution in [0.4, 0.5) is 16.3 Å². The molecule has 0 unspecified atom stereocenters. The summed E-state index contributed by atoms with van der Waals surface area (Å²) in [5.41, 5.74) is 0.364. The number of amides is 1. The number of aromatic nitrogens is 1. The molecule has 0 aliphatic carbocycles. The van der Waals surface area contributed by atoms with Gasteiger partial charge in [0, 0.05) is 30.8 Å². The molecule has 116 valence electrons. The first-order valence-corrected chi connectivity index (χ1v) is 8.70. The van der Waals surface area contributed by atoms with Gasteiger partial charge in [-0.1, -0.05) is 0 Å². The van der Waals surface area contributed by atoms with Gasteiger partial charge in [0.15, 0.2) is 5.82 Å². The standard InChI is InChI=1S/C11H15BrN4O4S/c1-15(11(17)18)8-5-16(6-8)10-9(14-21(2,19)20)3-7(12)4-13-10/h3-4,8,14H,5-6H2,1-2H3,(H,17,18). The number of hydrogen-bond donors (Lipinski definition) is 2. The summed E-state index contributed by atoms with van der Waals surface area (Å²) in [6.45, 7) is 0.936. The van der Waals surface area contributed by atoms with E-state index in [0.29, 0.717) is 29.1 Å². The molecule has 1 aliphatic rings. The van der Waals surface area contributed by atoms with E-state index in [1.54, 1.807) is 12.3 Å². The zero-order valence-electron chi connectivity index (χ0n) is 11.4. The van der Waals surface area contributed by atoms with Gasteiger partial charge in [-0.3, -0.25) is 4.72 Å². The summed E-state index contributed by atoms with van der Waals surface area (Å²) < 4.78 is 25.9. The average molecular weight is 379 g/mol. The van der Waals surface area contributed by atoms with E-state index in [9.17, 15) is 13.2 Å². The average Bonchev–Trinajstić information content (AvgIpc) is 2.27. The van der Waals surface area contributed by atoms with Crippen molar-refractivity contribution in [3.8, 4) is 0 Å². The highest BCUT2D eigenvalue weighted by Gasteiger charge is 2.34. The molecule has 1 aromatic rings. The van der Waals surface area contributed by atoms with Crippen molar-refractivity contribution >= 4 is 43.6 Å². The van der Waals surface area contributed by atoms with Gasteiger partial charge in [0.25, 0.3) is 0 Å². The van der Waals surface area contributed by atoms with E-state index < -0.39 is 16.1 Å². The van der Waals surface area contributed by atoms with Gasteiger partial charge in [0.1, 0.15) is 0 Å². The van der Waals surface area contributed by atoms with Gasteiger partial charge in [-0.15, -0.1) is 0 Å². The monoisotopic (exact) mass is 378 g/mol. The van der Waals surface area contributed by atoms with Crippen LogP contribution in [0.25, 0.3) is 0 Å². The largest absolute Gasteiger partial charge is 0.465 e. The quantitative estimate of drug-likeness (QED) is 0.810. The second-order valence-electron chi connectivity index (χ2n) is 4.85. The van der Waals surface area contributed by atoms with Crippen LogP contribution in [-0.4, -0.2) is 61.9 Å². The highest BCUT2D eigenvalue weighted by Crippen LogP contribution is 2.31. The maximum absolute atomic E-state index is 11.4. The highest BCUT2D eigenvalue weighted by molar-refractivity contribution is 9.10. The number of nitrogens with zero attached hydrogens (tertiary/aromatic N) is 3. The lowest BCUT2D eigenvalue weighted by atomic mass is 10.1. The first kappa shape index (κ1) is 15.8. The summed E-state index contributed by atoms with van der Waals surface area (Å²) in [6.07, 6.45) is 1.64. The van der Waals surface area contributed by atoms with Gasteiger partial charge in [-0.2, -0.15) is 0 Å². The summed E-state index contributed by atoms with van der Waals surface area (Å²) in [7, 11) is -1.91. The van der Waals surface area contributed by atoms with Crippen molar-refractivity contribution in [1.82, 2.24) is 9.88 Å². The summed E-state index contributed by atoms with van der Waals surface area (Å²) >= 11 is 3.25. The van der Waals surface area contributed by atoms with Crippen molar-refractivity contribution < 1.29 is 18.3 Å². The lowest BCUT2D eigenvalue weighted by molar-refractivity contribution is 0.130. The number of halogens is 1. The Bertz CT molecular complexity index is 660. The molecule has 0 saturated carbocycles. The Hall–Kier alpha value is -1.55. The Morgan fingerprint density at radius 3 is 2.71 bits per heavy atom. The molecular weight excluding hydrogens is 364 g/mol. The molecule has 1 aliphatic heterocycles. The lowest BCUT2D eigenvalue weighted by Crippen LogP contribution is -2.60. The molecule has 1 amide bonds. The molecule has 0 atom stereocenters. The number of pyridine rings is 1. The Labute approximate surface area is 130 Å². The van der Waals surface area contributed by atoms with Crippen LogP contribution in [0.1, 0.15) is 0 Å². The van der Waals surface area contributed by atoms with Gasteiger partial charge < -0.3 is 14.9 Å². The van der Waals surface area contributed by atoms with Gasteiger partial charge in [-0.25, -0.2) is 18.2 Å². The van der Waals surface area contributed by atoms with Gasteiger partial charge in [-0.05, 0) is 22.0 Å². The third-order valence-corrected chi connectivity index (χ3v) is 4.16. The minimum atomic E-state index is -3.42. The first-order chi connectivity index (χ1) is 9.67. The van der Waals surface area contributed by atoms with Crippen LogP contribution in [0.2, 0.25) is 0 Å². The second-order valence-corrected chi connectivity index (χ2v) is 7.52. The Morgan fingerprint density at radius 1 is 1.57 bits per heavy atom. The van der Waals surface area contributed by atoms with Crippen LogP contribution < -0.4 is 9.62 Å². The maximum Gasteiger partial charge on any atom is 0.407 e. The van der Waals surface area contributed by atoms with Crippen molar-refractivity contribution in [2.75, 3.05) is 36.0 Å². The van der Waals surface area contributed by atoms with Crippen molar-refractivity contribution in [1.29, 1.82) is 0 Å². The second kappa shape index (κ2) is 5.68. The molecule has 10 heteroatoms. The Kier molecular flexibility index (Phi) is 4.28. The number of likely N-dealkylation sites (N-methyl/N-ethyl adjacent to an activating group) is 1. The lowest BCUT2D eigenvalue weighted by Gasteiger charge is -2.44. The number of hydrogen-bond acceptors (Lipinski definition) is 5. The fourth-order valence-corrected chi connectivity index (χ4v) is 2.87. The van der Waals surface area contributed by atoms with Crippen LogP contribution in [0.5, 0.6) is 0 Å². The van der Waals surface area contributed by atoms with E-state index in [1.807, 2.05) is 4.90 Å². The van der Waals surface area contributed by atoms with Crippen molar-refractivity contribution in [2.24, 2.45) is 0 Å². The molecular formula is C11H15BrN4O4S. The minimum absolute atomic E-state index is 0.126. The number of rotatable bonds is 4. The maximum atomic E-state index is 11.4. The molecule has 1 fully saturated rings. The summed E-state index contributed by atoms with van der Waals surface area (Å²) in [6, 6.07) is 1.50. The zero-order chi connectivity index (χ0) is 15.8. The third kappa shape index (κ3) is 3.76. The van der Waals surface area contributed by atoms with E-state index in [2.05, 4.69) is 25.6 Å². The summed E-state index contributed by atoms with van der Waals surface area (Å²) in [5.74, 6) is 0.485. The fraction of sp³-hybridized carbons (Fsp3) is 0.455.